The Morgan fingerprint density at radius 2 is 1.62 bits per heavy atom. The highest BCUT2D eigenvalue weighted by Gasteiger charge is 2.13. The number of aliphatic hydroxyl groups is 1. The number of hydrogen-bond acceptors (Lipinski definition) is 3. The molecule has 0 aliphatic heterocycles. The van der Waals surface area contributed by atoms with E-state index < -0.39 is 10.0 Å². The van der Waals surface area contributed by atoms with Crippen molar-refractivity contribution in [3.05, 3.63) is 65.2 Å². The summed E-state index contributed by atoms with van der Waals surface area (Å²) in [5.41, 5.74) is 2.80. The number of nitrogens with one attached hydrogen (secondary N) is 1. The fourth-order valence-electron chi connectivity index (χ4n) is 2.08. The summed E-state index contributed by atoms with van der Waals surface area (Å²) < 4.78 is 26.8. The minimum Gasteiger partial charge on any atom is -0.392 e. The van der Waals surface area contributed by atoms with Gasteiger partial charge in [0, 0.05) is 6.54 Å². The van der Waals surface area contributed by atoms with E-state index in [0.717, 1.165) is 16.7 Å². The molecule has 5 heteroatoms. The van der Waals surface area contributed by atoms with Crippen molar-refractivity contribution in [3.63, 3.8) is 0 Å². The molecule has 112 valence electrons. The van der Waals surface area contributed by atoms with Gasteiger partial charge in [0.15, 0.2) is 0 Å². The Hall–Kier alpha value is -1.69. The van der Waals surface area contributed by atoms with E-state index >= 15 is 0 Å². The second kappa shape index (κ2) is 6.85. The molecule has 2 aromatic carbocycles. The number of hydrogen-bond donors (Lipinski definition) is 2. The second-order valence-electron chi connectivity index (χ2n) is 4.89. The molecule has 2 N–H and O–H groups in total. The number of benzene rings is 2. The predicted molar refractivity (Wildman–Crippen MR) is 82.4 cm³/mol. The lowest BCUT2D eigenvalue weighted by molar-refractivity contribution is 0.280. The van der Waals surface area contributed by atoms with E-state index in [0.29, 0.717) is 13.0 Å². The molecule has 0 bridgehead atoms. The lowest BCUT2D eigenvalue weighted by Crippen LogP contribution is -2.26. The first kappa shape index (κ1) is 15.7. The van der Waals surface area contributed by atoms with Gasteiger partial charge in [-0.25, -0.2) is 13.1 Å². The van der Waals surface area contributed by atoms with Crippen molar-refractivity contribution in [1.29, 1.82) is 0 Å². The molecule has 0 saturated carbocycles. The molecule has 0 atom stereocenters. The van der Waals surface area contributed by atoms with Gasteiger partial charge in [-0.3, -0.25) is 0 Å². The van der Waals surface area contributed by atoms with E-state index in [1.54, 1.807) is 24.3 Å². The largest absolute Gasteiger partial charge is 0.392 e. The van der Waals surface area contributed by atoms with Crippen LogP contribution in [0.1, 0.15) is 16.7 Å². The van der Waals surface area contributed by atoms with Crippen molar-refractivity contribution in [1.82, 2.24) is 4.72 Å². The standard InChI is InChI=1S/C16H19NO3S/c1-13-6-8-16(9-7-13)21(19,20)17-11-10-14-4-2-3-5-15(14)12-18/h2-9,17-18H,10-12H2,1H3. The minimum atomic E-state index is -3.48. The van der Waals surface area contributed by atoms with Gasteiger partial charge in [-0.1, -0.05) is 42.0 Å². The van der Waals surface area contributed by atoms with Crippen LogP contribution < -0.4 is 4.72 Å². The lowest BCUT2D eigenvalue weighted by Gasteiger charge is -2.09. The predicted octanol–water partition coefficient (Wildman–Crippen LogP) is 2.01. The van der Waals surface area contributed by atoms with E-state index in [1.165, 1.54) is 0 Å². The van der Waals surface area contributed by atoms with Gasteiger partial charge in [0.2, 0.25) is 10.0 Å². The third kappa shape index (κ3) is 4.14. The first-order valence-electron chi connectivity index (χ1n) is 6.77. The Bertz CT molecular complexity index is 694. The van der Waals surface area contributed by atoms with Crippen molar-refractivity contribution in [3.8, 4) is 0 Å². The molecule has 0 spiro atoms. The van der Waals surface area contributed by atoms with Crippen molar-refractivity contribution in [2.75, 3.05) is 6.54 Å². The third-order valence-corrected chi connectivity index (χ3v) is 4.78. The molecular formula is C16H19NO3S. The summed E-state index contributed by atoms with van der Waals surface area (Å²) in [6.45, 7) is 2.17. The average Bonchev–Trinajstić information content (AvgIpc) is 2.48. The van der Waals surface area contributed by atoms with Gasteiger partial charge in [0.1, 0.15) is 0 Å². The quantitative estimate of drug-likeness (QED) is 0.858. The van der Waals surface area contributed by atoms with E-state index in [1.807, 2.05) is 31.2 Å². The summed E-state index contributed by atoms with van der Waals surface area (Å²) in [7, 11) is -3.48. The molecule has 0 aliphatic rings. The third-order valence-electron chi connectivity index (χ3n) is 3.31. The molecule has 0 radical (unpaired) electrons. The van der Waals surface area contributed by atoms with E-state index in [-0.39, 0.29) is 11.5 Å². The van der Waals surface area contributed by atoms with Gasteiger partial charge < -0.3 is 5.11 Å². The molecular weight excluding hydrogens is 286 g/mol. The summed E-state index contributed by atoms with van der Waals surface area (Å²) in [4.78, 5) is 0.267. The topological polar surface area (TPSA) is 66.4 Å². The molecule has 4 nitrogen and oxygen atoms in total. The van der Waals surface area contributed by atoms with Crippen LogP contribution in [0.2, 0.25) is 0 Å². The van der Waals surface area contributed by atoms with Gasteiger partial charge in [-0.2, -0.15) is 0 Å². The maximum absolute atomic E-state index is 12.1. The molecule has 0 amide bonds. The first-order chi connectivity index (χ1) is 10.0. The maximum atomic E-state index is 12.1. The number of rotatable bonds is 6. The van der Waals surface area contributed by atoms with E-state index in [9.17, 15) is 13.5 Å². The number of sulfonamides is 1. The van der Waals surface area contributed by atoms with Crippen LogP contribution in [0.3, 0.4) is 0 Å². The smallest absolute Gasteiger partial charge is 0.240 e. The van der Waals surface area contributed by atoms with Gasteiger partial charge in [-0.05, 0) is 36.6 Å². The summed E-state index contributed by atoms with van der Waals surface area (Å²) in [6, 6.07) is 14.2. The van der Waals surface area contributed by atoms with Crippen molar-refractivity contribution in [2.45, 2.75) is 24.8 Å². The Balaban J connectivity index is 2.01. The fourth-order valence-corrected chi connectivity index (χ4v) is 3.11. The normalized spacial score (nSPS) is 11.5. The second-order valence-corrected chi connectivity index (χ2v) is 6.65. The SMILES string of the molecule is Cc1ccc(S(=O)(=O)NCCc2ccccc2CO)cc1. The van der Waals surface area contributed by atoms with E-state index in [4.69, 9.17) is 0 Å². The number of aliphatic hydroxyl groups excluding tert-OH is 1. The summed E-state index contributed by atoms with van der Waals surface area (Å²) in [5.74, 6) is 0. The van der Waals surface area contributed by atoms with Crippen LogP contribution in [0.15, 0.2) is 53.4 Å². The fraction of sp³-hybridized carbons (Fsp3) is 0.250. The molecule has 0 heterocycles. The zero-order valence-electron chi connectivity index (χ0n) is 11.9. The molecule has 0 aromatic heterocycles. The molecule has 0 fully saturated rings. The number of aryl methyl sites for hydroxylation is 1. The highest BCUT2D eigenvalue weighted by atomic mass is 32.2. The van der Waals surface area contributed by atoms with Crippen molar-refractivity contribution >= 4 is 10.0 Å². The highest BCUT2D eigenvalue weighted by Crippen LogP contribution is 2.11. The Kier molecular flexibility index (Phi) is 5.12. The summed E-state index contributed by atoms with van der Waals surface area (Å²) in [5, 5.41) is 9.24. The molecule has 0 saturated heterocycles. The summed E-state index contributed by atoms with van der Waals surface area (Å²) >= 11 is 0. The minimum absolute atomic E-state index is 0.0408. The molecule has 2 aromatic rings. The zero-order valence-corrected chi connectivity index (χ0v) is 12.7. The van der Waals surface area contributed by atoms with Crippen molar-refractivity contribution < 1.29 is 13.5 Å². The monoisotopic (exact) mass is 305 g/mol. The first-order valence-corrected chi connectivity index (χ1v) is 8.25. The van der Waals surface area contributed by atoms with Crippen LogP contribution in [-0.4, -0.2) is 20.1 Å². The van der Waals surface area contributed by atoms with Crippen LogP contribution in [0, 0.1) is 6.92 Å². The van der Waals surface area contributed by atoms with Gasteiger partial charge in [-0.15, -0.1) is 0 Å². The van der Waals surface area contributed by atoms with Crippen LogP contribution in [0.5, 0.6) is 0 Å². The van der Waals surface area contributed by atoms with Crippen LogP contribution in [-0.2, 0) is 23.1 Å². The van der Waals surface area contributed by atoms with E-state index in [2.05, 4.69) is 4.72 Å². The molecule has 0 unspecified atom stereocenters. The molecule has 21 heavy (non-hydrogen) atoms. The average molecular weight is 305 g/mol. The highest BCUT2D eigenvalue weighted by molar-refractivity contribution is 7.89. The Morgan fingerprint density at radius 3 is 2.24 bits per heavy atom. The molecule has 0 aliphatic carbocycles. The lowest BCUT2D eigenvalue weighted by atomic mass is 10.1. The Morgan fingerprint density at radius 1 is 1.00 bits per heavy atom. The summed E-state index contributed by atoms with van der Waals surface area (Å²) in [6.07, 6.45) is 0.543. The van der Waals surface area contributed by atoms with Crippen LogP contribution in [0.25, 0.3) is 0 Å². The molecule has 2 rings (SSSR count). The maximum Gasteiger partial charge on any atom is 0.240 e. The van der Waals surface area contributed by atoms with Crippen molar-refractivity contribution in [2.24, 2.45) is 0 Å². The van der Waals surface area contributed by atoms with Gasteiger partial charge in [0.05, 0.1) is 11.5 Å². The van der Waals surface area contributed by atoms with Crippen LogP contribution in [0.4, 0.5) is 0 Å². The van der Waals surface area contributed by atoms with Crippen LogP contribution >= 0.6 is 0 Å². The van der Waals surface area contributed by atoms with Gasteiger partial charge >= 0.3 is 0 Å². The van der Waals surface area contributed by atoms with Gasteiger partial charge in [0.25, 0.3) is 0 Å². The zero-order chi connectivity index (χ0) is 15.3. The Labute approximate surface area is 125 Å².